The van der Waals surface area contributed by atoms with Crippen LogP contribution in [-0.4, -0.2) is 16.6 Å². The molecule has 0 aliphatic heterocycles. The van der Waals surface area contributed by atoms with Crippen LogP contribution >= 0.6 is 11.3 Å². The van der Waals surface area contributed by atoms with Crippen LogP contribution in [0.1, 0.15) is 27.1 Å². The van der Waals surface area contributed by atoms with Gasteiger partial charge in [0, 0.05) is 24.2 Å². The number of rotatable bonds is 5. The molecule has 1 atom stereocenters. The first-order valence-electron chi connectivity index (χ1n) is 6.02. The Hall–Kier alpha value is -1.23. The normalized spacial score (nSPS) is 12.6. The Kier molecular flexibility index (Phi) is 4.47. The molecule has 0 amide bonds. The molecule has 0 aliphatic rings. The summed E-state index contributed by atoms with van der Waals surface area (Å²) in [5.41, 5.74) is 2.16. The van der Waals surface area contributed by atoms with Crippen molar-refractivity contribution in [2.24, 2.45) is 0 Å². The van der Waals surface area contributed by atoms with Crippen LogP contribution in [0.4, 0.5) is 0 Å². The number of aryl methyl sites for hydroxylation is 2. The van der Waals surface area contributed by atoms with Gasteiger partial charge in [-0.25, -0.2) is 4.98 Å². The summed E-state index contributed by atoms with van der Waals surface area (Å²) in [4.78, 5) is 5.40. The third kappa shape index (κ3) is 3.63. The summed E-state index contributed by atoms with van der Waals surface area (Å²) in [7, 11) is 0. The number of thiazole rings is 1. The predicted octanol–water partition coefficient (Wildman–Crippen LogP) is 2.58. The van der Waals surface area contributed by atoms with Gasteiger partial charge in [-0.1, -0.05) is 29.8 Å². The molecule has 1 heterocycles. The lowest BCUT2D eigenvalue weighted by Gasteiger charge is -2.11. The Morgan fingerprint density at radius 1 is 1.28 bits per heavy atom. The molecular formula is C14H18N2OS. The lowest BCUT2D eigenvalue weighted by atomic mass is 10.1. The van der Waals surface area contributed by atoms with Gasteiger partial charge in [0.2, 0.25) is 0 Å². The molecule has 0 spiro atoms. The zero-order chi connectivity index (χ0) is 13.0. The van der Waals surface area contributed by atoms with Crippen molar-refractivity contribution in [1.82, 2.24) is 10.3 Å². The van der Waals surface area contributed by atoms with Gasteiger partial charge in [0.15, 0.2) is 0 Å². The summed E-state index contributed by atoms with van der Waals surface area (Å²) < 4.78 is 0. The first-order valence-corrected chi connectivity index (χ1v) is 6.83. The third-order valence-corrected chi connectivity index (χ3v) is 3.68. The van der Waals surface area contributed by atoms with E-state index in [1.54, 1.807) is 11.3 Å². The molecule has 2 N–H and O–H groups in total. The SMILES string of the molecule is Cc1ccc(C(O)CNCc2cnc(C)s2)cc1. The average Bonchev–Trinajstić information content (AvgIpc) is 2.76. The summed E-state index contributed by atoms with van der Waals surface area (Å²) in [5, 5.41) is 14.3. The summed E-state index contributed by atoms with van der Waals surface area (Å²) >= 11 is 1.68. The standard InChI is InChI=1S/C14H18N2OS/c1-10-3-5-12(6-4-10)14(17)9-15-7-13-8-16-11(2)18-13/h3-6,8,14-15,17H,7,9H2,1-2H3. The van der Waals surface area contributed by atoms with E-state index < -0.39 is 6.10 Å². The van der Waals surface area contributed by atoms with Gasteiger partial charge in [0.25, 0.3) is 0 Å². The van der Waals surface area contributed by atoms with Crippen LogP contribution in [0.3, 0.4) is 0 Å². The Morgan fingerprint density at radius 3 is 2.61 bits per heavy atom. The van der Waals surface area contributed by atoms with Gasteiger partial charge in [-0.2, -0.15) is 0 Å². The van der Waals surface area contributed by atoms with E-state index in [2.05, 4.69) is 10.3 Å². The highest BCUT2D eigenvalue weighted by atomic mass is 32.1. The highest BCUT2D eigenvalue weighted by Gasteiger charge is 2.06. The van der Waals surface area contributed by atoms with Crippen molar-refractivity contribution >= 4 is 11.3 Å². The largest absolute Gasteiger partial charge is 0.387 e. The minimum Gasteiger partial charge on any atom is -0.387 e. The molecule has 0 saturated heterocycles. The molecule has 0 saturated carbocycles. The fraction of sp³-hybridized carbons (Fsp3) is 0.357. The second-order valence-corrected chi connectivity index (χ2v) is 5.72. The molecule has 1 aromatic heterocycles. The summed E-state index contributed by atoms with van der Waals surface area (Å²) in [5.74, 6) is 0. The van der Waals surface area contributed by atoms with Crippen LogP contribution in [0.15, 0.2) is 30.5 Å². The summed E-state index contributed by atoms with van der Waals surface area (Å²) in [6.45, 7) is 5.35. The van der Waals surface area contributed by atoms with E-state index >= 15 is 0 Å². The number of nitrogens with one attached hydrogen (secondary N) is 1. The van der Waals surface area contributed by atoms with Crippen molar-refractivity contribution in [2.45, 2.75) is 26.5 Å². The van der Waals surface area contributed by atoms with E-state index in [0.717, 1.165) is 17.1 Å². The third-order valence-electron chi connectivity index (χ3n) is 2.77. The minimum absolute atomic E-state index is 0.459. The van der Waals surface area contributed by atoms with Crippen LogP contribution in [0.25, 0.3) is 0 Å². The van der Waals surface area contributed by atoms with Gasteiger partial charge in [-0.05, 0) is 19.4 Å². The van der Waals surface area contributed by atoms with E-state index in [1.807, 2.05) is 44.3 Å². The van der Waals surface area contributed by atoms with E-state index in [1.165, 1.54) is 10.4 Å². The maximum absolute atomic E-state index is 10.0. The molecule has 0 fully saturated rings. The van der Waals surface area contributed by atoms with Gasteiger partial charge in [0.05, 0.1) is 11.1 Å². The number of hydrogen-bond acceptors (Lipinski definition) is 4. The minimum atomic E-state index is -0.459. The molecule has 0 bridgehead atoms. The van der Waals surface area contributed by atoms with Crippen LogP contribution in [-0.2, 0) is 6.54 Å². The molecule has 1 aromatic carbocycles. The van der Waals surface area contributed by atoms with Gasteiger partial charge in [0.1, 0.15) is 0 Å². The number of aliphatic hydroxyl groups excluding tert-OH is 1. The molecule has 3 nitrogen and oxygen atoms in total. The smallest absolute Gasteiger partial charge is 0.0914 e. The highest BCUT2D eigenvalue weighted by molar-refractivity contribution is 7.11. The van der Waals surface area contributed by atoms with Gasteiger partial charge in [-0.15, -0.1) is 11.3 Å². The van der Waals surface area contributed by atoms with E-state index in [-0.39, 0.29) is 0 Å². The summed E-state index contributed by atoms with van der Waals surface area (Å²) in [6, 6.07) is 7.98. The van der Waals surface area contributed by atoms with Crippen LogP contribution in [0.2, 0.25) is 0 Å². The van der Waals surface area contributed by atoms with Gasteiger partial charge >= 0.3 is 0 Å². The maximum atomic E-state index is 10.0. The van der Waals surface area contributed by atoms with Crippen LogP contribution in [0, 0.1) is 13.8 Å². The van der Waals surface area contributed by atoms with E-state index in [4.69, 9.17) is 0 Å². The van der Waals surface area contributed by atoms with Gasteiger partial charge in [-0.3, -0.25) is 0 Å². The molecule has 96 valence electrons. The van der Waals surface area contributed by atoms with E-state index in [0.29, 0.717) is 6.54 Å². The lowest BCUT2D eigenvalue weighted by Crippen LogP contribution is -2.20. The van der Waals surface area contributed by atoms with Crippen molar-refractivity contribution < 1.29 is 5.11 Å². The Morgan fingerprint density at radius 2 is 2.00 bits per heavy atom. The van der Waals surface area contributed by atoms with Crippen LogP contribution < -0.4 is 5.32 Å². The van der Waals surface area contributed by atoms with Crippen molar-refractivity contribution in [3.05, 3.63) is 51.5 Å². The zero-order valence-electron chi connectivity index (χ0n) is 10.7. The quantitative estimate of drug-likeness (QED) is 0.870. The van der Waals surface area contributed by atoms with Gasteiger partial charge < -0.3 is 10.4 Å². The number of aliphatic hydroxyl groups is 1. The predicted molar refractivity (Wildman–Crippen MR) is 74.7 cm³/mol. The molecular weight excluding hydrogens is 244 g/mol. The molecule has 2 aromatic rings. The van der Waals surface area contributed by atoms with Crippen molar-refractivity contribution in [1.29, 1.82) is 0 Å². The number of benzene rings is 1. The molecule has 4 heteroatoms. The Bertz CT molecular complexity index is 493. The van der Waals surface area contributed by atoms with Crippen molar-refractivity contribution in [2.75, 3.05) is 6.54 Å². The molecule has 1 unspecified atom stereocenters. The fourth-order valence-electron chi connectivity index (χ4n) is 1.73. The Balaban J connectivity index is 1.81. The number of nitrogens with zero attached hydrogens (tertiary/aromatic N) is 1. The summed E-state index contributed by atoms with van der Waals surface area (Å²) in [6.07, 6.45) is 1.42. The number of hydrogen-bond donors (Lipinski definition) is 2. The molecule has 18 heavy (non-hydrogen) atoms. The highest BCUT2D eigenvalue weighted by Crippen LogP contribution is 2.14. The number of aromatic nitrogens is 1. The topological polar surface area (TPSA) is 45.1 Å². The molecule has 0 radical (unpaired) electrons. The maximum Gasteiger partial charge on any atom is 0.0914 e. The average molecular weight is 262 g/mol. The van der Waals surface area contributed by atoms with E-state index in [9.17, 15) is 5.11 Å². The van der Waals surface area contributed by atoms with Crippen molar-refractivity contribution in [3.8, 4) is 0 Å². The second kappa shape index (κ2) is 6.09. The molecule has 0 aliphatic carbocycles. The first-order chi connectivity index (χ1) is 8.65. The molecule has 2 rings (SSSR count). The second-order valence-electron chi connectivity index (χ2n) is 4.40. The van der Waals surface area contributed by atoms with Crippen LogP contribution in [0.5, 0.6) is 0 Å². The zero-order valence-corrected chi connectivity index (χ0v) is 11.5. The first kappa shape index (κ1) is 13.2. The lowest BCUT2D eigenvalue weighted by molar-refractivity contribution is 0.174. The Labute approximate surface area is 112 Å². The van der Waals surface area contributed by atoms with Crippen molar-refractivity contribution in [3.63, 3.8) is 0 Å². The monoisotopic (exact) mass is 262 g/mol. The fourth-order valence-corrected chi connectivity index (χ4v) is 2.49.